The number of methoxy groups -OCH3 is 1. The van der Waals surface area contributed by atoms with Crippen molar-refractivity contribution in [3.8, 4) is 5.75 Å². The minimum Gasteiger partial charge on any atom is -0.497 e. The lowest BCUT2D eigenvalue weighted by atomic mass is 9.82. The van der Waals surface area contributed by atoms with Crippen molar-refractivity contribution in [1.82, 2.24) is 4.90 Å². The van der Waals surface area contributed by atoms with Gasteiger partial charge < -0.3 is 14.4 Å². The fraction of sp³-hybridized carbons (Fsp3) is 0.500. The van der Waals surface area contributed by atoms with E-state index in [1.165, 1.54) is 0 Å². The van der Waals surface area contributed by atoms with Crippen LogP contribution in [-0.4, -0.2) is 44.2 Å². The van der Waals surface area contributed by atoms with Gasteiger partial charge >= 0.3 is 5.97 Å². The molecule has 96 valence electrons. The van der Waals surface area contributed by atoms with E-state index >= 15 is 0 Å². The number of likely N-dealkylation sites (N-methyl/N-ethyl adjacent to an activating group) is 1. The first-order chi connectivity index (χ1) is 8.69. The molecule has 18 heavy (non-hydrogen) atoms. The van der Waals surface area contributed by atoms with Crippen molar-refractivity contribution in [3.63, 3.8) is 0 Å². The monoisotopic (exact) mass is 247 g/mol. The maximum Gasteiger partial charge on any atom is 0.338 e. The van der Waals surface area contributed by atoms with Crippen LogP contribution < -0.4 is 4.74 Å². The smallest absolute Gasteiger partial charge is 0.338 e. The molecule has 1 fully saturated rings. The molecule has 1 aromatic carbocycles. The van der Waals surface area contributed by atoms with Crippen LogP contribution in [0, 0.1) is 0 Å². The van der Waals surface area contributed by atoms with Gasteiger partial charge in [0, 0.05) is 12.5 Å². The Morgan fingerprint density at radius 3 is 3.06 bits per heavy atom. The topological polar surface area (TPSA) is 38.8 Å². The number of fused-ring (bicyclic) bond motifs is 3. The van der Waals surface area contributed by atoms with Crippen LogP contribution in [0.3, 0.4) is 0 Å². The minimum absolute atomic E-state index is 0.0177. The summed E-state index contributed by atoms with van der Waals surface area (Å²) < 4.78 is 10.8. The number of nitrogens with zero attached hydrogens (tertiary/aromatic N) is 1. The van der Waals surface area contributed by atoms with Crippen LogP contribution in [-0.2, 0) is 4.74 Å². The van der Waals surface area contributed by atoms with E-state index in [4.69, 9.17) is 9.47 Å². The number of piperidine rings is 1. The summed E-state index contributed by atoms with van der Waals surface area (Å²) in [5, 5.41) is 0. The molecular formula is C14H17NO3. The van der Waals surface area contributed by atoms with Gasteiger partial charge in [-0.25, -0.2) is 4.79 Å². The Labute approximate surface area is 106 Å². The van der Waals surface area contributed by atoms with Crippen LogP contribution >= 0.6 is 0 Å². The molecule has 3 rings (SSSR count). The van der Waals surface area contributed by atoms with Crippen LogP contribution in [0.4, 0.5) is 0 Å². The number of rotatable bonds is 1. The van der Waals surface area contributed by atoms with Gasteiger partial charge in [0.05, 0.1) is 12.7 Å². The van der Waals surface area contributed by atoms with Crippen molar-refractivity contribution in [1.29, 1.82) is 0 Å². The molecule has 2 aliphatic rings. The quantitative estimate of drug-likeness (QED) is 0.707. The average molecular weight is 247 g/mol. The molecule has 4 nitrogen and oxygen atoms in total. The number of esters is 1. The molecule has 0 spiro atoms. The molecule has 2 heterocycles. The van der Waals surface area contributed by atoms with Crippen LogP contribution in [0.25, 0.3) is 0 Å². The second-order valence-corrected chi connectivity index (χ2v) is 5.05. The van der Waals surface area contributed by atoms with Crippen LogP contribution in [0.15, 0.2) is 18.2 Å². The third-order valence-electron chi connectivity index (χ3n) is 3.90. The Morgan fingerprint density at radius 2 is 2.28 bits per heavy atom. The van der Waals surface area contributed by atoms with E-state index < -0.39 is 0 Å². The number of likely N-dealkylation sites (tertiary alicyclic amines) is 1. The first-order valence-electron chi connectivity index (χ1n) is 6.26. The van der Waals surface area contributed by atoms with Crippen molar-refractivity contribution in [2.45, 2.75) is 18.4 Å². The highest BCUT2D eigenvalue weighted by atomic mass is 16.5. The standard InChI is InChI=1S/C14H17NO3/c1-15-6-5-10-12-7-9(17-2)3-4-11(12)14(16)18-13(10)8-15/h3-4,7,10,13H,5-6,8H2,1-2H3/t10-,13+/m0/s1. The van der Waals surface area contributed by atoms with Gasteiger partial charge in [-0.3, -0.25) is 0 Å². The Kier molecular flexibility index (Phi) is 2.74. The summed E-state index contributed by atoms with van der Waals surface area (Å²) >= 11 is 0. The highest BCUT2D eigenvalue weighted by molar-refractivity contribution is 5.93. The van der Waals surface area contributed by atoms with Crippen molar-refractivity contribution >= 4 is 5.97 Å². The lowest BCUT2D eigenvalue weighted by Crippen LogP contribution is -2.45. The second-order valence-electron chi connectivity index (χ2n) is 5.05. The average Bonchev–Trinajstić information content (AvgIpc) is 2.38. The Balaban J connectivity index is 2.02. The highest BCUT2D eigenvalue weighted by Gasteiger charge is 2.38. The summed E-state index contributed by atoms with van der Waals surface area (Å²) in [6, 6.07) is 5.61. The van der Waals surface area contributed by atoms with Gasteiger partial charge in [0.2, 0.25) is 0 Å². The highest BCUT2D eigenvalue weighted by Crippen LogP contribution is 2.38. The summed E-state index contributed by atoms with van der Waals surface area (Å²) in [7, 11) is 3.71. The molecule has 0 aliphatic carbocycles. The Morgan fingerprint density at radius 1 is 1.44 bits per heavy atom. The van der Waals surface area contributed by atoms with E-state index in [-0.39, 0.29) is 12.1 Å². The van der Waals surface area contributed by atoms with E-state index in [1.54, 1.807) is 7.11 Å². The number of hydrogen-bond donors (Lipinski definition) is 0. The lowest BCUT2D eigenvalue weighted by molar-refractivity contribution is -0.00456. The lowest BCUT2D eigenvalue weighted by Gasteiger charge is -2.39. The van der Waals surface area contributed by atoms with E-state index in [9.17, 15) is 4.79 Å². The van der Waals surface area contributed by atoms with E-state index in [0.717, 1.165) is 30.8 Å². The third kappa shape index (κ3) is 1.77. The summed E-state index contributed by atoms with van der Waals surface area (Å²) in [6.45, 7) is 1.85. The maximum atomic E-state index is 12.0. The van der Waals surface area contributed by atoms with Crippen LogP contribution in [0.1, 0.15) is 28.3 Å². The van der Waals surface area contributed by atoms with Crippen molar-refractivity contribution < 1.29 is 14.3 Å². The number of carbonyl (C=O) groups is 1. The van der Waals surface area contributed by atoms with Gasteiger partial charge in [-0.05, 0) is 43.8 Å². The predicted molar refractivity (Wildman–Crippen MR) is 67.1 cm³/mol. The van der Waals surface area contributed by atoms with Gasteiger partial charge in [-0.2, -0.15) is 0 Å². The SMILES string of the molecule is COc1ccc2c(c1)[C@@H]1CCN(C)C[C@H]1OC2=O. The van der Waals surface area contributed by atoms with Crippen LogP contribution in [0.2, 0.25) is 0 Å². The Hall–Kier alpha value is -1.55. The first-order valence-corrected chi connectivity index (χ1v) is 6.26. The normalized spacial score (nSPS) is 27.1. The van der Waals surface area contributed by atoms with Gasteiger partial charge in [0.15, 0.2) is 0 Å². The van der Waals surface area contributed by atoms with E-state index in [0.29, 0.717) is 11.5 Å². The zero-order valence-electron chi connectivity index (χ0n) is 10.7. The third-order valence-corrected chi connectivity index (χ3v) is 3.90. The summed E-state index contributed by atoms with van der Waals surface area (Å²) in [5.41, 5.74) is 1.78. The molecule has 2 aliphatic heterocycles. The molecule has 1 aromatic rings. The number of ether oxygens (including phenoxy) is 2. The minimum atomic E-state index is -0.204. The molecular weight excluding hydrogens is 230 g/mol. The molecule has 2 atom stereocenters. The molecule has 0 bridgehead atoms. The molecule has 0 unspecified atom stereocenters. The summed E-state index contributed by atoms with van der Waals surface area (Å²) in [4.78, 5) is 14.2. The van der Waals surface area contributed by atoms with Gasteiger partial charge in [-0.1, -0.05) is 0 Å². The molecule has 0 amide bonds. The predicted octanol–water partition coefficient (Wildman–Crippen LogP) is 1.65. The second kappa shape index (κ2) is 4.28. The zero-order valence-corrected chi connectivity index (χ0v) is 10.7. The number of carbonyl (C=O) groups excluding carboxylic acids is 1. The molecule has 1 saturated heterocycles. The zero-order chi connectivity index (χ0) is 12.7. The molecule has 0 aromatic heterocycles. The Bertz CT molecular complexity index is 486. The molecule has 0 N–H and O–H groups in total. The largest absolute Gasteiger partial charge is 0.497 e. The number of hydrogen-bond acceptors (Lipinski definition) is 4. The van der Waals surface area contributed by atoms with Crippen LogP contribution in [0.5, 0.6) is 5.75 Å². The molecule has 4 heteroatoms. The number of benzene rings is 1. The van der Waals surface area contributed by atoms with Gasteiger partial charge in [0.1, 0.15) is 11.9 Å². The molecule has 0 saturated carbocycles. The fourth-order valence-corrected chi connectivity index (χ4v) is 2.91. The van der Waals surface area contributed by atoms with E-state index in [1.807, 2.05) is 18.2 Å². The van der Waals surface area contributed by atoms with Crippen molar-refractivity contribution in [2.24, 2.45) is 0 Å². The van der Waals surface area contributed by atoms with Gasteiger partial charge in [-0.15, -0.1) is 0 Å². The van der Waals surface area contributed by atoms with Crippen molar-refractivity contribution in [2.75, 3.05) is 27.2 Å². The van der Waals surface area contributed by atoms with E-state index in [2.05, 4.69) is 11.9 Å². The molecule has 0 radical (unpaired) electrons. The summed E-state index contributed by atoms with van der Waals surface area (Å²) in [5.74, 6) is 0.911. The first kappa shape index (κ1) is 11.5. The fourth-order valence-electron chi connectivity index (χ4n) is 2.91. The van der Waals surface area contributed by atoms with Gasteiger partial charge in [0.25, 0.3) is 0 Å². The summed E-state index contributed by atoms with van der Waals surface area (Å²) in [6.07, 6.45) is 1.00. The maximum absolute atomic E-state index is 12.0. The van der Waals surface area contributed by atoms with Crippen molar-refractivity contribution in [3.05, 3.63) is 29.3 Å².